The second-order valence-corrected chi connectivity index (χ2v) is 8.69. The van der Waals surface area contributed by atoms with E-state index in [0.29, 0.717) is 11.4 Å². The molecule has 0 saturated carbocycles. The Kier molecular flexibility index (Phi) is 6.73. The Bertz CT molecular complexity index is 1180. The van der Waals surface area contributed by atoms with Crippen LogP contribution in [0, 0.1) is 0 Å². The number of rotatable bonds is 7. The fourth-order valence-corrected chi connectivity index (χ4v) is 3.98. The van der Waals surface area contributed by atoms with Crippen LogP contribution in [0.3, 0.4) is 0 Å². The predicted octanol–water partition coefficient (Wildman–Crippen LogP) is 4.71. The summed E-state index contributed by atoms with van der Waals surface area (Å²) in [6.45, 7) is -1.42. The van der Waals surface area contributed by atoms with Crippen LogP contribution < -0.4 is 14.4 Å². The van der Waals surface area contributed by atoms with Crippen LogP contribution in [0.25, 0.3) is 0 Å². The van der Waals surface area contributed by atoms with Gasteiger partial charge in [-0.05, 0) is 54.6 Å². The first-order chi connectivity index (χ1) is 15.1. The highest BCUT2D eigenvalue weighted by atomic mass is 32.2. The highest BCUT2D eigenvalue weighted by molar-refractivity contribution is 7.92. The zero-order valence-electron chi connectivity index (χ0n) is 16.8. The first kappa shape index (κ1) is 23.1. The Morgan fingerprint density at radius 3 is 2.25 bits per heavy atom. The molecule has 1 N–H and O–H groups in total. The highest BCUT2D eigenvalue weighted by Crippen LogP contribution is 2.23. The molecule has 0 aliphatic rings. The second-order valence-electron chi connectivity index (χ2n) is 6.72. The molecule has 0 heterocycles. The summed E-state index contributed by atoms with van der Waals surface area (Å²) >= 11 is 0. The van der Waals surface area contributed by atoms with Gasteiger partial charge in [0.2, 0.25) is 0 Å². The maximum atomic E-state index is 12.9. The summed E-state index contributed by atoms with van der Waals surface area (Å²) in [5.74, 6) is -0.578. The van der Waals surface area contributed by atoms with Gasteiger partial charge in [0.1, 0.15) is 5.75 Å². The van der Waals surface area contributed by atoms with E-state index in [1.54, 1.807) is 30.3 Å². The lowest BCUT2D eigenvalue weighted by atomic mass is 10.2. The molecule has 3 aromatic carbocycles. The van der Waals surface area contributed by atoms with Crippen molar-refractivity contribution in [3.05, 3.63) is 84.4 Å². The van der Waals surface area contributed by atoms with Gasteiger partial charge in [0.15, 0.2) is 6.61 Å². The number of amides is 1. The number of carbonyl (C=O) groups excluding carboxylic acids is 1. The van der Waals surface area contributed by atoms with Crippen molar-refractivity contribution in [1.29, 1.82) is 0 Å². The SMILES string of the molecule is CN(c1ccccc1)S(=O)(=O)c1cccc(C(=O)Nc2ccc(OCC(F)(F)F)cc2)c1. The number of anilines is 2. The molecule has 32 heavy (non-hydrogen) atoms. The van der Waals surface area contributed by atoms with Gasteiger partial charge in [-0.3, -0.25) is 9.10 Å². The van der Waals surface area contributed by atoms with Crippen LogP contribution >= 0.6 is 0 Å². The van der Waals surface area contributed by atoms with E-state index in [1.165, 1.54) is 55.6 Å². The molecule has 3 rings (SSSR count). The number of halogens is 3. The average Bonchev–Trinajstić information content (AvgIpc) is 2.78. The van der Waals surface area contributed by atoms with Gasteiger partial charge in [0, 0.05) is 18.3 Å². The van der Waals surface area contributed by atoms with Crippen molar-refractivity contribution < 1.29 is 31.1 Å². The number of carbonyl (C=O) groups is 1. The van der Waals surface area contributed by atoms with Gasteiger partial charge < -0.3 is 10.1 Å². The van der Waals surface area contributed by atoms with Crippen molar-refractivity contribution in [3.63, 3.8) is 0 Å². The number of nitrogens with zero attached hydrogens (tertiary/aromatic N) is 1. The molecule has 0 atom stereocenters. The van der Waals surface area contributed by atoms with Crippen molar-refractivity contribution in [2.75, 3.05) is 23.3 Å². The van der Waals surface area contributed by atoms with Crippen molar-refractivity contribution in [2.24, 2.45) is 0 Å². The van der Waals surface area contributed by atoms with E-state index in [0.717, 1.165) is 4.31 Å². The topological polar surface area (TPSA) is 75.7 Å². The largest absolute Gasteiger partial charge is 0.484 e. The van der Waals surface area contributed by atoms with E-state index < -0.39 is 28.7 Å². The van der Waals surface area contributed by atoms with Gasteiger partial charge in [-0.1, -0.05) is 24.3 Å². The summed E-state index contributed by atoms with van der Waals surface area (Å²) in [5, 5.41) is 2.57. The molecule has 0 aromatic heterocycles. The summed E-state index contributed by atoms with van der Waals surface area (Å²) in [6, 6.07) is 19.4. The number of hydrogen-bond donors (Lipinski definition) is 1. The minimum absolute atomic E-state index is 0.00244. The molecule has 0 spiro atoms. The van der Waals surface area contributed by atoms with Crippen molar-refractivity contribution in [1.82, 2.24) is 0 Å². The van der Waals surface area contributed by atoms with Gasteiger partial charge in [-0.2, -0.15) is 13.2 Å². The van der Waals surface area contributed by atoms with Gasteiger partial charge >= 0.3 is 6.18 Å². The Labute approximate surface area is 183 Å². The standard InChI is InChI=1S/C22H19F3N2O4S/c1-27(18-7-3-2-4-8-18)32(29,30)20-9-5-6-16(14-20)21(28)26-17-10-12-19(13-11-17)31-15-22(23,24)25/h2-14H,15H2,1H3,(H,26,28). The first-order valence-electron chi connectivity index (χ1n) is 9.31. The molecule has 0 bridgehead atoms. The average molecular weight is 464 g/mol. The van der Waals surface area contributed by atoms with Crippen LogP contribution in [0.5, 0.6) is 5.75 Å². The van der Waals surface area contributed by atoms with E-state index in [9.17, 15) is 26.4 Å². The van der Waals surface area contributed by atoms with E-state index in [4.69, 9.17) is 0 Å². The quantitative estimate of drug-likeness (QED) is 0.550. The number of hydrogen-bond acceptors (Lipinski definition) is 4. The van der Waals surface area contributed by atoms with Gasteiger partial charge in [-0.15, -0.1) is 0 Å². The molecule has 1 amide bonds. The van der Waals surface area contributed by atoms with Gasteiger partial charge in [-0.25, -0.2) is 8.42 Å². The van der Waals surface area contributed by atoms with E-state index in [1.807, 2.05) is 0 Å². The molecular formula is C22H19F3N2O4S. The first-order valence-corrected chi connectivity index (χ1v) is 10.8. The van der Waals surface area contributed by atoms with Crippen LogP contribution in [0.2, 0.25) is 0 Å². The maximum absolute atomic E-state index is 12.9. The van der Waals surface area contributed by atoms with Crippen molar-refractivity contribution >= 4 is 27.3 Å². The third-order valence-electron chi connectivity index (χ3n) is 4.39. The molecule has 10 heteroatoms. The summed E-state index contributed by atoms with van der Waals surface area (Å²) in [4.78, 5) is 12.5. The Hall–Kier alpha value is -3.53. The minimum atomic E-state index is -4.45. The van der Waals surface area contributed by atoms with Crippen LogP contribution in [0.4, 0.5) is 24.5 Å². The lowest BCUT2D eigenvalue weighted by molar-refractivity contribution is -0.153. The van der Waals surface area contributed by atoms with Gasteiger partial charge in [0.05, 0.1) is 10.6 Å². The molecule has 3 aromatic rings. The smallest absolute Gasteiger partial charge is 0.422 e. The molecule has 0 aliphatic heterocycles. The summed E-state index contributed by atoms with van der Waals surface area (Å²) in [5.41, 5.74) is 0.879. The number of benzene rings is 3. The molecule has 0 aliphatic carbocycles. The fraction of sp³-hybridized carbons (Fsp3) is 0.136. The molecule has 0 saturated heterocycles. The lowest BCUT2D eigenvalue weighted by Gasteiger charge is -2.19. The number of ether oxygens (including phenoxy) is 1. The third kappa shape index (κ3) is 5.79. The fourth-order valence-electron chi connectivity index (χ4n) is 2.74. The molecular weight excluding hydrogens is 445 g/mol. The molecule has 168 valence electrons. The van der Waals surface area contributed by atoms with Crippen LogP contribution in [0.15, 0.2) is 83.8 Å². The summed E-state index contributed by atoms with van der Waals surface area (Å²) in [7, 11) is -2.48. The highest BCUT2D eigenvalue weighted by Gasteiger charge is 2.28. The van der Waals surface area contributed by atoms with Crippen molar-refractivity contribution in [2.45, 2.75) is 11.1 Å². The molecule has 0 radical (unpaired) electrons. The lowest BCUT2D eigenvalue weighted by Crippen LogP contribution is -2.26. The van der Waals surface area contributed by atoms with Crippen LogP contribution in [-0.2, 0) is 10.0 Å². The van der Waals surface area contributed by atoms with Crippen molar-refractivity contribution in [3.8, 4) is 5.75 Å². The van der Waals surface area contributed by atoms with Gasteiger partial charge in [0.25, 0.3) is 15.9 Å². The van der Waals surface area contributed by atoms with E-state index >= 15 is 0 Å². The summed E-state index contributed by atoms with van der Waals surface area (Å²) in [6.07, 6.45) is -4.45. The Morgan fingerprint density at radius 2 is 1.62 bits per heavy atom. The zero-order valence-corrected chi connectivity index (χ0v) is 17.7. The number of nitrogens with one attached hydrogen (secondary N) is 1. The monoisotopic (exact) mass is 464 g/mol. The summed E-state index contributed by atoms with van der Waals surface area (Å²) < 4.78 is 68.2. The number of para-hydroxylation sites is 1. The Morgan fingerprint density at radius 1 is 0.969 bits per heavy atom. The van der Waals surface area contributed by atoms with E-state index in [2.05, 4.69) is 10.1 Å². The normalized spacial score (nSPS) is 11.6. The zero-order chi connectivity index (χ0) is 23.4. The predicted molar refractivity (Wildman–Crippen MR) is 114 cm³/mol. The number of sulfonamides is 1. The third-order valence-corrected chi connectivity index (χ3v) is 6.17. The maximum Gasteiger partial charge on any atom is 0.422 e. The number of alkyl halides is 3. The molecule has 6 nitrogen and oxygen atoms in total. The Balaban J connectivity index is 1.73. The second kappa shape index (κ2) is 9.31. The molecule has 0 unspecified atom stereocenters. The molecule has 0 fully saturated rings. The van der Waals surface area contributed by atoms with Crippen LogP contribution in [-0.4, -0.2) is 34.2 Å². The van der Waals surface area contributed by atoms with E-state index in [-0.39, 0.29) is 16.2 Å². The minimum Gasteiger partial charge on any atom is -0.484 e. The van der Waals surface area contributed by atoms with Crippen LogP contribution in [0.1, 0.15) is 10.4 Å².